The largest absolute Gasteiger partial charge is 0.359 e. The number of rotatable bonds is 8. The first-order chi connectivity index (χ1) is 14.6. The number of nitrogens with one attached hydrogen (secondary N) is 1. The molecule has 2 heterocycles. The van der Waals surface area contributed by atoms with Crippen LogP contribution in [0.3, 0.4) is 0 Å². The predicted octanol–water partition coefficient (Wildman–Crippen LogP) is 3.23. The van der Waals surface area contributed by atoms with Gasteiger partial charge in [0, 0.05) is 32.1 Å². The fraction of sp³-hybridized carbons (Fsp3) is 0.304. The van der Waals surface area contributed by atoms with Crippen LogP contribution in [0.5, 0.6) is 0 Å². The van der Waals surface area contributed by atoms with Gasteiger partial charge in [-0.25, -0.2) is 4.98 Å². The molecule has 3 aromatic rings. The van der Waals surface area contributed by atoms with Crippen molar-refractivity contribution in [2.75, 3.05) is 23.8 Å². The van der Waals surface area contributed by atoms with Crippen molar-refractivity contribution >= 4 is 17.5 Å². The van der Waals surface area contributed by atoms with Crippen molar-refractivity contribution in [3.63, 3.8) is 0 Å². The monoisotopic (exact) mass is 400 g/mol. The molecule has 1 aliphatic rings. The van der Waals surface area contributed by atoms with Crippen molar-refractivity contribution in [3.05, 3.63) is 71.5 Å². The Hall–Kier alpha value is -3.66. The van der Waals surface area contributed by atoms with Gasteiger partial charge in [0.15, 0.2) is 5.82 Å². The van der Waals surface area contributed by atoms with E-state index in [-0.39, 0.29) is 12.3 Å². The Morgan fingerprint density at radius 1 is 1.20 bits per heavy atom. The molecule has 152 valence electrons. The van der Waals surface area contributed by atoms with E-state index in [9.17, 15) is 4.79 Å². The number of hydrogen-bond acceptors (Lipinski definition) is 5. The van der Waals surface area contributed by atoms with Crippen molar-refractivity contribution in [2.45, 2.75) is 25.8 Å². The smallest absolute Gasteiger partial charge is 0.230 e. The van der Waals surface area contributed by atoms with Gasteiger partial charge < -0.3 is 10.2 Å². The normalized spacial score (nSPS) is 12.9. The van der Waals surface area contributed by atoms with Gasteiger partial charge >= 0.3 is 0 Å². The molecule has 7 nitrogen and oxygen atoms in total. The summed E-state index contributed by atoms with van der Waals surface area (Å²) >= 11 is 0. The van der Waals surface area contributed by atoms with Crippen LogP contribution in [0.25, 0.3) is 0 Å². The molecule has 0 aliphatic heterocycles. The average Bonchev–Trinajstić information content (AvgIpc) is 3.46. The third kappa shape index (κ3) is 5.23. The van der Waals surface area contributed by atoms with Gasteiger partial charge in [0.05, 0.1) is 24.6 Å². The summed E-state index contributed by atoms with van der Waals surface area (Å²) in [5, 5.41) is 16.1. The maximum absolute atomic E-state index is 12.4. The van der Waals surface area contributed by atoms with Crippen LogP contribution < -0.4 is 10.2 Å². The fourth-order valence-corrected chi connectivity index (χ4v) is 3.29. The third-order valence-electron chi connectivity index (χ3n) is 5.13. The summed E-state index contributed by atoms with van der Waals surface area (Å²) in [6, 6.07) is 15.2. The van der Waals surface area contributed by atoms with E-state index in [0.29, 0.717) is 17.9 Å². The molecule has 0 spiro atoms. The highest BCUT2D eigenvalue weighted by molar-refractivity contribution is 5.91. The molecule has 0 radical (unpaired) electrons. The predicted molar refractivity (Wildman–Crippen MR) is 115 cm³/mol. The lowest BCUT2D eigenvalue weighted by atomic mass is 10.1. The number of anilines is 2. The molecule has 1 fully saturated rings. The van der Waals surface area contributed by atoms with Gasteiger partial charge in [0.1, 0.15) is 5.82 Å². The van der Waals surface area contributed by atoms with E-state index < -0.39 is 0 Å². The Balaban J connectivity index is 1.29. The molecule has 1 saturated carbocycles. The number of nitrogens with zero attached hydrogens (tertiary/aromatic N) is 5. The minimum absolute atomic E-state index is 0.125. The second-order valence-electron chi connectivity index (χ2n) is 7.78. The van der Waals surface area contributed by atoms with Crippen molar-refractivity contribution in [3.8, 4) is 6.07 Å². The molecule has 1 amide bonds. The molecular weight excluding hydrogens is 376 g/mol. The van der Waals surface area contributed by atoms with Crippen LogP contribution in [0.2, 0.25) is 0 Å². The molecule has 2 aromatic heterocycles. The number of aromatic nitrogens is 3. The average molecular weight is 400 g/mol. The lowest BCUT2D eigenvalue weighted by Gasteiger charge is -2.17. The van der Waals surface area contributed by atoms with Gasteiger partial charge in [-0.3, -0.25) is 9.48 Å². The second kappa shape index (κ2) is 8.78. The van der Waals surface area contributed by atoms with Crippen LogP contribution in [0.1, 0.15) is 29.5 Å². The maximum atomic E-state index is 12.4. The topological polar surface area (TPSA) is 86.8 Å². The molecule has 30 heavy (non-hydrogen) atoms. The Kier molecular flexibility index (Phi) is 5.75. The minimum atomic E-state index is -0.125. The zero-order chi connectivity index (χ0) is 20.9. The Labute approximate surface area is 176 Å². The number of nitriles is 1. The minimum Gasteiger partial charge on any atom is -0.359 e. The van der Waals surface area contributed by atoms with Gasteiger partial charge in [-0.15, -0.1) is 0 Å². The molecule has 0 saturated heterocycles. The van der Waals surface area contributed by atoms with Crippen LogP contribution in [0, 0.1) is 17.2 Å². The molecule has 0 bridgehead atoms. The van der Waals surface area contributed by atoms with Crippen LogP contribution in [-0.4, -0.2) is 34.3 Å². The SMILES string of the molecule is CN(CC1CC1)c1ccc(CC(=O)Nc2ccn(Cc3ccc(C#N)cc3)n2)cn1. The van der Waals surface area contributed by atoms with E-state index in [1.165, 1.54) is 12.8 Å². The van der Waals surface area contributed by atoms with E-state index >= 15 is 0 Å². The second-order valence-corrected chi connectivity index (χ2v) is 7.78. The Morgan fingerprint density at radius 2 is 1.97 bits per heavy atom. The fourth-order valence-electron chi connectivity index (χ4n) is 3.29. The Bertz CT molecular complexity index is 1040. The van der Waals surface area contributed by atoms with E-state index in [1.54, 1.807) is 29.1 Å². The lowest BCUT2D eigenvalue weighted by molar-refractivity contribution is -0.115. The van der Waals surface area contributed by atoms with Crippen LogP contribution in [0.15, 0.2) is 54.9 Å². The summed E-state index contributed by atoms with van der Waals surface area (Å²) in [6.45, 7) is 1.61. The molecule has 1 N–H and O–H groups in total. The van der Waals surface area contributed by atoms with Gasteiger partial charge in [0.25, 0.3) is 0 Å². The van der Waals surface area contributed by atoms with Crippen molar-refractivity contribution in [1.82, 2.24) is 14.8 Å². The molecular formula is C23H24N6O. The van der Waals surface area contributed by atoms with E-state index in [1.807, 2.05) is 30.5 Å². The first kappa shape index (κ1) is 19.6. The van der Waals surface area contributed by atoms with Crippen molar-refractivity contribution < 1.29 is 4.79 Å². The van der Waals surface area contributed by atoms with Gasteiger partial charge in [-0.1, -0.05) is 18.2 Å². The first-order valence-electron chi connectivity index (χ1n) is 10.1. The van der Waals surface area contributed by atoms with Crippen molar-refractivity contribution in [2.24, 2.45) is 5.92 Å². The van der Waals surface area contributed by atoms with E-state index in [4.69, 9.17) is 5.26 Å². The highest BCUT2D eigenvalue weighted by atomic mass is 16.1. The summed E-state index contributed by atoms with van der Waals surface area (Å²) in [6.07, 6.45) is 6.46. The van der Waals surface area contributed by atoms with Gasteiger partial charge in [0.2, 0.25) is 5.91 Å². The zero-order valence-corrected chi connectivity index (χ0v) is 17.0. The lowest BCUT2D eigenvalue weighted by Crippen LogP contribution is -2.21. The highest BCUT2D eigenvalue weighted by Crippen LogP contribution is 2.30. The first-order valence-corrected chi connectivity index (χ1v) is 10.1. The summed E-state index contributed by atoms with van der Waals surface area (Å²) in [5.74, 6) is 2.13. The molecule has 7 heteroatoms. The summed E-state index contributed by atoms with van der Waals surface area (Å²) in [7, 11) is 2.06. The highest BCUT2D eigenvalue weighted by Gasteiger charge is 2.23. The summed E-state index contributed by atoms with van der Waals surface area (Å²) in [5.41, 5.74) is 2.53. The van der Waals surface area contributed by atoms with Crippen LogP contribution >= 0.6 is 0 Å². The maximum Gasteiger partial charge on any atom is 0.230 e. The molecule has 0 unspecified atom stereocenters. The van der Waals surface area contributed by atoms with Crippen LogP contribution in [0.4, 0.5) is 11.6 Å². The van der Waals surface area contributed by atoms with E-state index in [0.717, 1.165) is 29.4 Å². The molecule has 1 aliphatic carbocycles. The van der Waals surface area contributed by atoms with Crippen LogP contribution in [-0.2, 0) is 17.8 Å². The molecule has 1 aromatic carbocycles. The summed E-state index contributed by atoms with van der Waals surface area (Å²) < 4.78 is 1.75. The van der Waals surface area contributed by atoms with Crippen molar-refractivity contribution in [1.29, 1.82) is 5.26 Å². The standard InChI is InChI=1S/C23H24N6O/c1-28(15-18-6-7-18)22-9-8-20(14-25-22)12-23(30)26-21-10-11-29(27-21)16-19-4-2-17(13-24)3-5-19/h2-5,8-11,14,18H,6-7,12,15-16H2,1H3,(H,26,27,30). The third-order valence-corrected chi connectivity index (χ3v) is 5.13. The van der Waals surface area contributed by atoms with Gasteiger partial charge in [-0.05, 0) is 48.1 Å². The molecule has 0 atom stereocenters. The van der Waals surface area contributed by atoms with Gasteiger partial charge in [-0.2, -0.15) is 10.4 Å². The van der Waals surface area contributed by atoms with E-state index in [2.05, 4.69) is 33.4 Å². The summed E-state index contributed by atoms with van der Waals surface area (Å²) in [4.78, 5) is 19.0. The Morgan fingerprint density at radius 3 is 2.63 bits per heavy atom. The number of pyridine rings is 1. The molecule has 4 rings (SSSR count). The quantitative estimate of drug-likeness (QED) is 0.627. The number of amides is 1. The number of benzene rings is 1. The number of carbonyl (C=O) groups is 1. The number of hydrogen-bond donors (Lipinski definition) is 1. The zero-order valence-electron chi connectivity index (χ0n) is 17.0. The number of carbonyl (C=O) groups excluding carboxylic acids is 1.